The molecule has 0 saturated heterocycles. The molecule has 0 atom stereocenters. The predicted molar refractivity (Wildman–Crippen MR) is 37.9 cm³/mol. The first-order chi connectivity index (χ1) is 4.77. The second kappa shape index (κ2) is 6.29. The van der Waals surface area contributed by atoms with Gasteiger partial charge in [0, 0.05) is 12.7 Å². The highest BCUT2D eigenvalue weighted by atomic mass is 16.5. The fraction of sp³-hybridized carbons (Fsp3) is 0.571. The van der Waals surface area contributed by atoms with Crippen LogP contribution in [0.4, 0.5) is 0 Å². The topological polar surface area (TPSA) is 46.5 Å². The largest absolute Gasteiger partial charge is 0.478 e. The second-order valence-corrected chi connectivity index (χ2v) is 1.73. The summed E-state index contributed by atoms with van der Waals surface area (Å²) in [5.74, 6) is -0.906. The van der Waals surface area contributed by atoms with Crippen LogP contribution in [-0.4, -0.2) is 24.3 Å². The second-order valence-electron chi connectivity index (χ2n) is 1.73. The maximum absolute atomic E-state index is 9.90. The number of rotatable bonds is 5. The molecule has 0 bridgehead atoms. The van der Waals surface area contributed by atoms with Crippen LogP contribution in [0.15, 0.2) is 12.2 Å². The van der Waals surface area contributed by atoms with Crippen LogP contribution in [0, 0.1) is 0 Å². The lowest BCUT2D eigenvalue weighted by Gasteiger charge is -1.93. The van der Waals surface area contributed by atoms with Gasteiger partial charge in [0.15, 0.2) is 0 Å². The lowest BCUT2D eigenvalue weighted by Crippen LogP contribution is -1.92. The molecule has 0 aromatic carbocycles. The van der Waals surface area contributed by atoms with Crippen LogP contribution in [0.3, 0.4) is 0 Å². The average molecular weight is 144 g/mol. The van der Waals surface area contributed by atoms with Crippen LogP contribution in [-0.2, 0) is 9.53 Å². The van der Waals surface area contributed by atoms with Gasteiger partial charge in [-0.1, -0.05) is 6.08 Å². The van der Waals surface area contributed by atoms with Crippen LogP contribution < -0.4 is 0 Å². The van der Waals surface area contributed by atoms with Crippen molar-refractivity contribution in [3.05, 3.63) is 12.2 Å². The Balaban J connectivity index is 3.10. The van der Waals surface area contributed by atoms with Gasteiger partial charge in [-0.25, -0.2) is 4.79 Å². The van der Waals surface area contributed by atoms with Crippen molar-refractivity contribution in [3.63, 3.8) is 0 Å². The van der Waals surface area contributed by atoms with Gasteiger partial charge in [-0.15, -0.1) is 0 Å². The van der Waals surface area contributed by atoms with E-state index in [0.717, 1.165) is 6.08 Å². The monoisotopic (exact) mass is 144 g/mol. The minimum Gasteiger partial charge on any atom is -0.478 e. The zero-order chi connectivity index (χ0) is 7.82. The van der Waals surface area contributed by atoms with Crippen LogP contribution in [0.2, 0.25) is 0 Å². The molecule has 0 aromatic rings. The molecule has 58 valence electrons. The van der Waals surface area contributed by atoms with E-state index in [4.69, 9.17) is 9.84 Å². The number of ether oxygens (including phenoxy) is 1. The molecule has 0 heterocycles. The van der Waals surface area contributed by atoms with Gasteiger partial charge in [0.05, 0.1) is 6.61 Å². The Morgan fingerprint density at radius 2 is 2.40 bits per heavy atom. The number of hydrogen-bond acceptors (Lipinski definition) is 2. The molecule has 0 fully saturated rings. The van der Waals surface area contributed by atoms with Gasteiger partial charge < -0.3 is 9.84 Å². The van der Waals surface area contributed by atoms with Gasteiger partial charge in [0.1, 0.15) is 0 Å². The van der Waals surface area contributed by atoms with E-state index >= 15 is 0 Å². The molecule has 0 aliphatic rings. The Hall–Kier alpha value is -0.830. The van der Waals surface area contributed by atoms with Crippen molar-refractivity contribution in [3.8, 4) is 0 Å². The summed E-state index contributed by atoms with van der Waals surface area (Å²) in [6.45, 7) is 3.18. The van der Waals surface area contributed by atoms with E-state index < -0.39 is 5.97 Å². The fourth-order valence-corrected chi connectivity index (χ4v) is 0.480. The number of carbonyl (C=O) groups is 1. The molecular weight excluding hydrogens is 132 g/mol. The van der Waals surface area contributed by atoms with Crippen LogP contribution >= 0.6 is 0 Å². The van der Waals surface area contributed by atoms with E-state index in [9.17, 15) is 4.79 Å². The summed E-state index contributed by atoms with van der Waals surface area (Å²) in [7, 11) is 0. The summed E-state index contributed by atoms with van der Waals surface area (Å²) in [4.78, 5) is 9.90. The fourth-order valence-electron chi connectivity index (χ4n) is 0.480. The van der Waals surface area contributed by atoms with Crippen molar-refractivity contribution in [1.29, 1.82) is 0 Å². The molecule has 0 rings (SSSR count). The Morgan fingerprint density at radius 1 is 1.70 bits per heavy atom. The van der Waals surface area contributed by atoms with Gasteiger partial charge >= 0.3 is 5.97 Å². The van der Waals surface area contributed by atoms with Gasteiger partial charge in [-0.3, -0.25) is 0 Å². The standard InChI is InChI=1S/C7H12O3/c1-2-10-6-4-3-5-7(8)9/h3,5H,2,4,6H2,1H3,(H,8,9). The number of carboxylic acids is 1. The first-order valence-electron chi connectivity index (χ1n) is 3.24. The van der Waals surface area contributed by atoms with Crippen molar-refractivity contribution in [2.45, 2.75) is 13.3 Å². The Bertz CT molecular complexity index is 118. The molecule has 0 unspecified atom stereocenters. The minimum atomic E-state index is -0.906. The smallest absolute Gasteiger partial charge is 0.327 e. The van der Waals surface area contributed by atoms with Crippen LogP contribution in [0.5, 0.6) is 0 Å². The summed E-state index contributed by atoms with van der Waals surface area (Å²) in [6.07, 6.45) is 3.37. The van der Waals surface area contributed by atoms with E-state index in [-0.39, 0.29) is 0 Å². The molecule has 10 heavy (non-hydrogen) atoms. The van der Waals surface area contributed by atoms with Crippen molar-refractivity contribution < 1.29 is 14.6 Å². The van der Waals surface area contributed by atoms with Gasteiger partial charge in [-0.2, -0.15) is 0 Å². The summed E-state index contributed by atoms with van der Waals surface area (Å²) in [6, 6.07) is 0. The highest BCUT2D eigenvalue weighted by Crippen LogP contribution is 1.84. The quantitative estimate of drug-likeness (QED) is 0.463. The molecule has 0 spiro atoms. The van der Waals surface area contributed by atoms with E-state index in [2.05, 4.69) is 0 Å². The molecular formula is C7H12O3. The zero-order valence-electron chi connectivity index (χ0n) is 6.04. The van der Waals surface area contributed by atoms with Crippen LogP contribution in [0.25, 0.3) is 0 Å². The molecule has 0 aliphatic carbocycles. The summed E-state index contributed by atoms with van der Waals surface area (Å²) in [5.41, 5.74) is 0. The lowest BCUT2D eigenvalue weighted by molar-refractivity contribution is -0.131. The number of carboxylic acid groups (broad SMARTS) is 1. The third kappa shape index (κ3) is 7.17. The molecule has 0 radical (unpaired) electrons. The first-order valence-corrected chi connectivity index (χ1v) is 3.24. The van der Waals surface area contributed by atoms with E-state index in [0.29, 0.717) is 19.6 Å². The van der Waals surface area contributed by atoms with Crippen molar-refractivity contribution in [2.75, 3.05) is 13.2 Å². The van der Waals surface area contributed by atoms with E-state index in [1.54, 1.807) is 6.08 Å². The van der Waals surface area contributed by atoms with Crippen LogP contribution in [0.1, 0.15) is 13.3 Å². The number of hydrogen-bond donors (Lipinski definition) is 1. The molecule has 0 saturated carbocycles. The van der Waals surface area contributed by atoms with Gasteiger partial charge in [0.25, 0.3) is 0 Å². The molecule has 1 N–H and O–H groups in total. The van der Waals surface area contributed by atoms with E-state index in [1.165, 1.54) is 0 Å². The summed E-state index contributed by atoms with van der Waals surface area (Å²) < 4.78 is 4.97. The molecule has 3 nitrogen and oxygen atoms in total. The van der Waals surface area contributed by atoms with Crippen molar-refractivity contribution in [1.82, 2.24) is 0 Å². The predicted octanol–water partition coefficient (Wildman–Crippen LogP) is 1.05. The Kier molecular flexibility index (Phi) is 5.77. The third-order valence-corrected chi connectivity index (χ3v) is 0.893. The normalized spacial score (nSPS) is 10.5. The maximum Gasteiger partial charge on any atom is 0.327 e. The number of aliphatic carboxylic acids is 1. The Morgan fingerprint density at radius 3 is 2.90 bits per heavy atom. The molecule has 0 aliphatic heterocycles. The highest BCUT2D eigenvalue weighted by molar-refractivity contribution is 5.79. The summed E-state index contributed by atoms with van der Waals surface area (Å²) >= 11 is 0. The molecule has 3 heteroatoms. The van der Waals surface area contributed by atoms with Gasteiger partial charge in [0.2, 0.25) is 0 Å². The SMILES string of the molecule is CCOCCC=CC(=O)O. The molecule has 0 amide bonds. The van der Waals surface area contributed by atoms with E-state index in [1.807, 2.05) is 6.92 Å². The Labute approximate surface area is 60.3 Å². The minimum absolute atomic E-state index is 0.597. The van der Waals surface area contributed by atoms with Gasteiger partial charge in [-0.05, 0) is 13.3 Å². The maximum atomic E-state index is 9.90. The molecule has 0 aromatic heterocycles. The lowest BCUT2D eigenvalue weighted by atomic mass is 10.4. The highest BCUT2D eigenvalue weighted by Gasteiger charge is 1.84. The third-order valence-electron chi connectivity index (χ3n) is 0.893. The average Bonchev–Trinajstić information content (AvgIpc) is 1.87. The first kappa shape index (κ1) is 9.17. The van der Waals surface area contributed by atoms with Crippen molar-refractivity contribution in [2.24, 2.45) is 0 Å². The van der Waals surface area contributed by atoms with Crippen molar-refractivity contribution >= 4 is 5.97 Å². The zero-order valence-corrected chi connectivity index (χ0v) is 6.04. The summed E-state index contributed by atoms with van der Waals surface area (Å²) in [5, 5.41) is 8.14.